The molecule has 106 valence electrons. The summed E-state index contributed by atoms with van der Waals surface area (Å²) < 4.78 is 37.4. The molecular weight excluding hydrogens is 269 g/mol. The number of nitrogens with two attached hydrogens (primary N) is 1. The van der Waals surface area contributed by atoms with Crippen LogP contribution in [0.15, 0.2) is 42.9 Å². The summed E-state index contributed by atoms with van der Waals surface area (Å²) in [5, 5.41) is 0. The fraction of sp³-hybridized carbons (Fsp3) is 0.231. The standard InChI is InChI=1S/C13H13F3N4/c14-13(15,16)10-3-1-9(2-4-10)7-11(20-17)12-8-18-5-6-19-12/h1-6,8,11,20H,7,17H2. The summed E-state index contributed by atoms with van der Waals surface area (Å²) >= 11 is 0. The molecule has 2 aromatic rings. The lowest BCUT2D eigenvalue weighted by Gasteiger charge is -2.15. The van der Waals surface area contributed by atoms with Crippen LogP contribution in [0.5, 0.6) is 0 Å². The van der Waals surface area contributed by atoms with Crippen molar-refractivity contribution in [3.05, 3.63) is 59.7 Å². The molecule has 3 N–H and O–H groups in total. The maximum Gasteiger partial charge on any atom is 0.416 e. The van der Waals surface area contributed by atoms with Crippen molar-refractivity contribution in [3.8, 4) is 0 Å². The van der Waals surface area contributed by atoms with Crippen molar-refractivity contribution in [2.75, 3.05) is 0 Å². The van der Waals surface area contributed by atoms with E-state index in [0.717, 1.165) is 17.7 Å². The van der Waals surface area contributed by atoms with Crippen LogP contribution in [0.2, 0.25) is 0 Å². The van der Waals surface area contributed by atoms with E-state index in [2.05, 4.69) is 15.4 Å². The first-order chi connectivity index (χ1) is 9.50. The van der Waals surface area contributed by atoms with Gasteiger partial charge in [0.25, 0.3) is 0 Å². The number of rotatable bonds is 4. The normalized spacial score (nSPS) is 13.2. The van der Waals surface area contributed by atoms with E-state index >= 15 is 0 Å². The SMILES string of the molecule is NNC(Cc1ccc(C(F)(F)F)cc1)c1cnccn1. The van der Waals surface area contributed by atoms with Gasteiger partial charge in [-0.3, -0.25) is 21.2 Å². The molecule has 0 saturated heterocycles. The molecule has 0 aliphatic rings. The molecule has 1 unspecified atom stereocenters. The fourth-order valence-corrected chi connectivity index (χ4v) is 1.80. The van der Waals surface area contributed by atoms with Gasteiger partial charge in [0.15, 0.2) is 0 Å². The minimum atomic E-state index is -4.32. The molecule has 0 bridgehead atoms. The summed E-state index contributed by atoms with van der Waals surface area (Å²) in [6.45, 7) is 0. The van der Waals surface area contributed by atoms with E-state index in [1.54, 1.807) is 6.20 Å². The molecule has 20 heavy (non-hydrogen) atoms. The summed E-state index contributed by atoms with van der Waals surface area (Å²) in [6, 6.07) is 4.67. The van der Waals surface area contributed by atoms with Crippen LogP contribution < -0.4 is 11.3 Å². The Bertz CT molecular complexity index is 540. The monoisotopic (exact) mass is 282 g/mol. The van der Waals surface area contributed by atoms with E-state index < -0.39 is 11.7 Å². The lowest BCUT2D eigenvalue weighted by Crippen LogP contribution is -2.30. The van der Waals surface area contributed by atoms with Gasteiger partial charge in [-0.15, -0.1) is 0 Å². The van der Waals surface area contributed by atoms with Gasteiger partial charge in [-0.1, -0.05) is 12.1 Å². The molecule has 1 aromatic carbocycles. The van der Waals surface area contributed by atoms with Gasteiger partial charge in [0.1, 0.15) is 0 Å². The van der Waals surface area contributed by atoms with Gasteiger partial charge in [-0.25, -0.2) is 0 Å². The van der Waals surface area contributed by atoms with Crippen LogP contribution in [0.4, 0.5) is 13.2 Å². The van der Waals surface area contributed by atoms with E-state index in [-0.39, 0.29) is 6.04 Å². The predicted octanol–water partition coefficient (Wildman–Crippen LogP) is 2.24. The van der Waals surface area contributed by atoms with Gasteiger partial charge in [0.2, 0.25) is 0 Å². The largest absolute Gasteiger partial charge is 0.416 e. The third-order valence-corrected chi connectivity index (χ3v) is 2.86. The fourth-order valence-electron chi connectivity index (χ4n) is 1.80. The summed E-state index contributed by atoms with van der Waals surface area (Å²) in [5.41, 5.74) is 3.28. The van der Waals surface area contributed by atoms with Crippen molar-refractivity contribution in [2.24, 2.45) is 5.84 Å². The van der Waals surface area contributed by atoms with Crippen LogP contribution >= 0.6 is 0 Å². The van der Waals surface area contributed by atoms with E-state index in [9.17, 15) is 13.2 Å². The Labute approximate surface area is 113 Å². The molecule has 0 fully saturated rings. The first-order valence-corrected chi connectivity index (χ1v) is 5.89. The van der Waals surface area contributed by atoms with Gasteiger partial charge >= 0.3 is 6.18 Å². The van der Waals surface area contributed by atoms with Gasteiger partial charge in [0.05, 0.1) is 23.5 Å². The van der Waals surface area contributed by atoms with Crippen LogP contribution in [0.1, 0.15) is 22.9 Å². The molecule has 0 aliphatic carbocycles. The lowest BCUT2D eigenvalue weighted by atomic mass is 10.0. The lowest BCUT2D eigenvalue weighted by molar-refractivity contribution is -0.137. The van der Waals surface area contributed by atoms with E-state index in [1.165, 1.54) is 24.5 Å². The third kappa shape index (κ3) is 3.52. The van der Waals surface area contributed by atoms with Crippen LogP contribution in [0, 0.1) is 0 Å². The average Bonchev–Trinajstić information content (AvgIpc) is 2.45. The van der Waals surface area contributed by atoms with E-state index in [4.69, 9.17) is 5.84 Å². The van der Waals surface area contributed by atoms with Crippen LogP contribution in [-0.2, 0) is 12.6 Å². The van der Waals surface area contributed by atoms with Gasteiger partial charge < -0.3 is 0 Å². The molecule has 0 spiro atoms. The Morgan fingerprint density at radius 3 is 2.35 bits per heavy atom. The summed E-state index contributed by atoms with van der Waals surface area (Å²) in [5.74, 6) is 5.45. The second kappa shape index (κ2) is 5.98. The molecule has 1 aromatic heterocycles. The highest BCUT2D eigenvalue weighted by Gasteiger charge is 2.30. The van der Waals surface area contributed by atoms with E-state index in [1.807, 2.05) is 0 Å². The highest BCUT2D eigenvalue weighted by Crippen LogP contribution is 2.29. The molecule has 1 heterocycles. The molecule has 7 heteroatoms. The zero-order chi connectivity index (χ0) is 14.6. The summed E-state index contributed by atoms with van der Waals surface area (Å²) in [6.07, 6.45) is 0.735. The Balaban J connectivity index is 2.13. The number of benzene rings is 1. The Hall–Kier alpha value is -1.99. The number of halogens is 3. The number of aromatic nitrogens is 2. The topological polar surface area (TPSA) is 63.8 Å². The second-order valence-electron chi connectivity index (χ2n) is 4.25. The second-order valence-corrected chi connectivity index (χ2v) is 4.25. The van der Waals surface area contributed by atoms with Crippen LogP contribution in [0.25, 0.3) is 0 Å². The highest BCUT2D eigenvalue weighted by atomic mass is 19.4. The van der Waals surface area contributed by atoms with E-state index in [0.29, 0.717) is 12.1 Å². The predicted molar refractivity (Wildman–Crippen MR) is 67.2 cm³/mol. The highest BCUT2D eigenvalue weighted by molar-refractivity contribution is 5.26. The third-order valence-electron chi connectivity index (χ3n) is 2.86. The Kier molecular flexibility index (Phi) is 4.31. The maximum absolute atomic E-state index is 12.5. The molecule has 0 aliphatic heterocycles. The number of nitrogens with one attached hydrogen (secondary N) is 1. The van der Waals surface area contributed by atoms with Crippen molar-refractivity contribution < 1.29 is 13.2 Å². The van der Waals surface area contributed by atoms with Crippen molar-refractivity contribution in [1.29, 1.82) is 0 Å². The van der Waals surface area contributed by atoms with Crippen molar-refractivity contribution in [3.63, 3.8) is 0 Å². The molecule has 0 amide bonds. The average molecular weight is 282 g/mol. The quantitative estimate of drug-likeness (QED) is 0.667. The Morgan fingerprint density at radius 2 is 1.85 bits per heavy atom. The summed E-state index contributed by atoms with van der Waals surface area (Å²) in [4.78, 5) is 8.05. The van der Waals surface area contributed by atoms with Crippen molar-refractivity contribution >= 4 is 0 Å². The molecule has 0 saturated carbocycles. The first kappa shape index (κ1) is 14.4. The van der Waals surface area contributed by atoms with Gasteiger partial charge in [-0.2, -0.15) is 13.2 Å². The van der Waals surface area contributed by atoms with Crippen molar-refractivity contribution in [1.82, 2.24) is 15.4 Å². The smallest absolute Gasteiger partial charge is 0.271 e. The van der Waals surface area contributed by atoms with Crippen molar-refractivity contribution in [2.45, 2.75) is 18.6 Å². The van der Waals surface area contributed by atoms with Crippen LogP contribution in [-0.4, -0.2) is 9.97 Å². The molecule has 4 nitrogen and oxygen atoms in total. The Morgan fingerprint density at radius 1 is 1.15 bits per heavy atom. The first-order valence-electron chi connectivity index (χ1n) is 5.89. The minimum absolute atomic E-state index is 0.305. The number of alkyl halides is 3. The van der Waals surface area contributed by atoms with Crippen LogP contribution in [0.3, 0.4) is 0 Å². The minimum Gasteiger partial charge on any atom is -0.271 e. The van der Waals surface area contributed by atoms with Gasteiger partial charge in [0, 0.05) is 12.4 Å². The number of nitrogens with zero attached hydrogens (tertiary/aromatic N) is 2. The maximum atomic E-state index is 12.5. The van der Waals surface area contributed by atoms with Gasteiger partial charge in [-0.05, 0) is 24.1 Å². The zero-order valence-corrected chi connectivity index (χ0v) is 10.4. The molecule has 2 rings (SSSR count). The number of hydrogen-bond acceptors (Lipinski definition) is 4. The number of hydrazine groups is 1. The molecule has 0 radical (unpaired) electrons. The number of hydrogen-bond donors (Lipinski definition) is 2. The molecular formula is C13H13F3N4. The summed E-state index contributed by atoms with van der Waals surface area (Å²) in [7, 11) is 0. The zero-order valence-electron chi connectivity index (χ0n) is 10.4. The molecule has 1 atom stereocenters.